The van der Waals surface area contributed by atoms with Crippen molar-refractivity contribution in [2.75, 3.05) is 0 Å². The normalized spacial score (nSPS) is 20.0. The van der Waals surface area contributed by atoms with E-state index in [1.165, 1.54) is 30.6 Å². The van der Waals surface area contributed by atoms with Crippen LogP contribution in [0.2, 0.25) is 0 Å². The van der Waals surface area contributed by atoms with Gasteiger partial charge in [-0.25, -0.2) is 0 Å². The average molecular weight is 412 g/mol. The van der Waals surface area contributed by atoms with E-state index in [1.807, 2.05) is 0 Å². The van der Waals surface area contributed by atoms with Crippen molar-refractivity contribution < 1.29 is 26.9 Å². The minimum Gasteiger partial charge on any atom is -1.00 e. The summed E-state index contributed by atoms with van der Waals surface area (Å²) in [5.74, 6) is 0.792. The summed E-state index contributed by atoms with van der Waals surface area (Å²) < 4.78 is 0. The molecule has 0 aromatic carbocycles. The third kappa shape index (κ3) is 7.61. The monoisotopic (exact) mass is 410 g/mol. The van der Waals surface area contributed by atoms with Gasteiger partial charge in [0.1, 0.15) is 11.9 Å². The molecule has 0 bridgehead atoms. The molecule has 0 radical (unpaired) electrons. The third-order valence-electron chi connectivity index (χ3n) is 5.07. The van der Waals surface area contributed by atoms with Gasteiger partial charge < -0.3 is 31.8 Å². The second-order valence-electron chi connectivity index (χ2n) is 6.87. The van der Waals surface area contributed by atoms with Gasteiger partial charge in [0.2, 0.25) is 0 Å². The Balaban J connectivity index is 0.00000264. The molecule has 1 amide bonds. The van der Waals surface area contributed by atoms with Crippen molar-refractivity contribution in [2.45, 2.75) is 102 Å². The molecule has 0 saturated heterocycles. The second kappa shape index (κ2) is 13.4. The first-order chi connectivity index (χ1) is 10.7. The van der Waals surface area contributed by atoms with Crippen LogP contribution in [-0.2, 0) is 0 Å². The Labute approximate surface area is 173 Å². The Bertz CT molecular complexity index is 381. The van der Waals surface area contributed by atoms with Crippen LogP contribution in [0.5, 0.6) is 0 Å². The number of amidine groups is 1. The molecule has 4 nitrogen and oxygen atoms in total. The summed E-state index contributed by atoms with van der Waals surface area (Å²) in [5, 5.41) is 11.8. The molecule has 2 saturated carbocycles. The fourth-order valence-corrected chi connectivity index (χ4v) is 3.81. The van der Waals surface area contributed by atoms with Crippen molar-refractivity contribution in [1.29, 1.82) is 0 Å². The summed E-state index contributed by atoms with van der Waals surface area (Å²) in [6.07, 6.45) is 13.2. The second-order valence-corrected chi connectivity index (χ2v) is 6.87. The Hall–Kier alpha value is 0.186. The molecule has 0 aromatic heterocycles. The molecule has 0 N–H and O–H groups in total. The van der Waals surface area contributed by atoms with Crippen LogP contribution in [0.25, 0.3) is 0 Å². The van der Waals surface area contributed by atoms with Crippen LogP contribution in [-0.4, -0.2) is 52.0 Å². The number of carbonyl (C=O) groups excluding carboxylic acids is 1. The quantitative estimate of drug-likeness (QED) is 0.376. The molecule has 24 heavy (non-hydrogen) atoms. The molecule has 0 aliphatic heterocycles. The van der Waals surface area contributed by atoms with Crippen LogP contribution in [0.4, 0.5) is 4.79 Å². The smallest absolute Gasteiger partial charge is 1.00 e. The molecular weight excluding hydrogens is 380 g/mol. The number of halogens is 1. The number of nitrogens with zero attached hydrogens (tertiary/aromatic N) is 2. The Morgan fingerprint density at radius 1 is 1.04 bits per heavy atom. The molecule has 0 unspecified atom stereocenters. The summed E-state index contributed by atoms with van der Waals surface area (Å²) in [6.45, 7) is 2.14. The Kier molecular flexibility index (Phi) is 13.5. The molecule has 2 aliphatic carbocycles. The fourth-order valence-electron chi connectivity index (χ4n) is 3.81. The van der Waals surface area contributed by atoms with E-state index in [9.17, 15) is 9.90 Å². The molecular formula is C18H31BrMgN2O2. The molecule has 0 aromatic rings. The summed E-state index contributed by atoms with van der Waals surface area (Å²) in [6, 6.07) is 0.420. The number of carbonyl (C=O) groups is 1. The van der Waals surface area contributed by atoms with Gasteiger partial charge in [-0.15, -0.1) is 0 Å². The first-order valence-corrected chi connectivity index (χ1v) is 9.29. The minimum absolute atomic E-state index is 0. The topological polar surface area (TPSA) is 55.7 Å². The van der Waals surface area contributed by atoms with E-state index in [-0.39, 0.29) is 46.1 Å². The fraction of sp³-hybridized carbons (Fsp3) is 0.889. The number of carboxylic acid groups (broad SMARTS) is 1. The van der Waals surface area contributed by atoms with Crippen LogP contribution in [0.15, 0.2) is 4.99 Å². The zero-order valence-electron chi connectivity index (χ0n) is 15.1. The van der Waals surface area contributed by atoms with E-state index in [4.69, 9.17) is 4.99 Å². The third-order valence-corrected chi connectivity index (χ3v) is 5.07. The standard InChI is InChI=1S/C18H32N2O2.BrH.Mg/c1-2-3-14-17(19-15-10-6-4-7-11-15)20(18(21)22)16-12-8-5-9-13-16;;/h15-16H,2-14H2,1H3,(H,21,22);1H;/q;;+2/p-2. The number of hydrogen-bond donors (Lipinski definition) is 0. The van der Waals surface area contributed by atoms with E-state index in [0.717, 1.165) is 63.6 Å². The molecule has 6 heteroatoms. The van der Waals surface area contributed by atoms with Gasteiger partial charge in [0, 0.05) is 12.5 Å². The van der Waals surface area contributed by atoms with Crippen LogP contribution < -0.4 is 22.1 Å². The van der Waals surface area contributed by atoms with Crippen LogP contribution in [0, 0.1) is 0 Å². The van der Waals surface area contributed by atoms with Gasteiger partial charge in [0.05, 0.1) is 6.04 Å². The van der Waals surface area contributed by atoms with Gasteiger partial charge in [-0.05, 0) is 32.1 Å². The van der Waals surface area contributed by atoms with Crippen molar-refractivity contribution in [3.8, 4) is 0 Å². The van der Waals surface area contributed by atoms with Gasteiger partial charge in [-0.2, -0.15) is 0 Å². The van der Waals surface area contributed by atoms with Gasteiger partial charge in [0.15, 0.2) is 0 Å². The van der Waals surface area contributed by atoms with E-state index in [1.54, 1.807) is 0 Å². The van der Waals surface area contributed by atoms with Crippen molar-refractivity contribution in [3.05, 3.63) is 0 Å². The van der Waals surface area contributed by atoms with Crippen LogP contribution in [0.1, 0.15) is 90.4 Å². The number of hydrogen-bond acceptors (Lipinski definition) is 3. The maximum absolute atomic E-state index is 11.8. The van der Waals surface area contributed by atoms with E-state index < -0.39 is 6.09 Å². The molecule has 0 spiro atoms. The number of rotatable bonds is 5. The van der Waals surface area contributed by atoms with Gasteiger partial charge in [-0.3, -0.25) is 4.99 Å². The summed E-state index contributed by atoms with van der Waals surface area (Å²) in [4.78, 5) is 18.2. The molecule has 0 heterocycles. The molecule has 2 fully saturated rings. The van der Waals surface area contributed by atoms with E-state index in [2.05, 4.69) is 6.92 Å². The molecule has 0 atom stereocenters. The SMILES string of the molecule is CCCCC(=NC1CCCCC1)N(C(=O)[O-])C1CCCCC1.[Br-].[Mg+2]. The summed E-state index contributed by atoms with van der Waals surface area (Å²) >= 11 is 0. The number of aliphatic imine (C=N–C) groups is 1. The van der Waals surface area contributed by atoms with Crippen molar-refractivity contribution in [2.24, 2.45) is 4.99 Å². The first kappa shape index (κ1) is 24.2. The zero-order chi connectivity index (χ0) is 15.8. The average Bonchev–Trinajstić information content (AvgIpc) is 2.54. The Morgan fingerprint density at radius 2 is 1.58 bits per heavy atom. The maximum atomic E-state index is 11.8. The largest absolute Gasteiger partial charge is 2.00 e. The number of unbranched alkanes of at least 4 members (excludes halogenated alkanes) is 1. The molecule has 2 aliphatic rings. The summed E-state index contributed by atoms with van der Waals surface area (Å²) in [7, 11) is 0. The Morgan fingerprint density at radius 3 is 2.08 bits per heavy atom. The first-order valence-electron chi connectivity index (χ1n) is 9.29. The van der Waals surface area contributed by atoms with Crippen molar-refractivity contribution in [3.63, 3.8) is 0 Å². The van der Waals surface area contributed by atoms with Crippen LogP contribution >= 0.6 is 0 Å². The van der Waals surface area contributed by atoms with E-state index >= 15 is 0 Å². The summed E-state index contributed by atoms with van der Waals surface area (Å²) in [5.41, 5.74) is 0. The van der Waals surface area contributed by atoms with E-state index in [0.29, 0.717) is 6.04 Å². The van der Waals surface area contributed by atoms with Crippen molar-refractivity contribution in [1.82, 2.24) is 4.90 Å². The van der Waals surface area contributed by atoms with Crippen molar-refractivity contribution >= 4 is 35.0 Å². The number of amides is 1. The molecule has 134 valence electrons. The van der Waals surface area contributed by atoms with Gasteiger partial charge >= 0.3 is 23.1 Å². The minimum atomic E-state index is -1.04. The van der Waals surface area contributed by atoms with Gasteiger partial charge in [0.25, 0.3) is 0 Å². The maximum Gasteiger partial charge on any atom is 2.00 e. The predicted molar refractivity (Wildman–Crippen MR) is 93.7 cm³/mol. The van der Waals surface area contributed by atoms with Gasteiger partial charge in [-0.1, -0.05) is 51.9 Å². The zero-order valence-corrected chi connectivity index (χ0v) is 18.1. The van der Waals surface area contributed by atoms with Crippen LogP contribution in [0.3, 0.4) is 0 Å². The predicted octanol–water partition coefficient (Wildman–Crippen LogP) is 0.509. The molecule has 2 rings (SSSR count).